The first-order valence-electron chi connectivity index (χ1n) is 8.49. The topological polar surface area (TPSA) is 60.0 Å². The Morgan fingerprint density at radius 3 is 2.24 bits per heavy atom. The highest BCUT2D eigenvalue weighted by Gasteiger charge is 2.22. The summed E-state index contributed by atoms with van der Waals surface area (Å²) in [6.45, 7) is 6.48. The van der Waals surface area contributed by atoms with Gasteiger partial charge in [0.15, 0.2) is 5.75 Å². The fourth-order valence-corrected chi connectivity index (χ4v) is 2.96. The Morgan fingerprint density at radius 1 is 1.00 bits per heavy atom. The number of nitrogens with one attached hydrogen (secondary N) is 1. The standard InChI is InChI=1S/C20H29NO4/c1-20(2,3)21-18-13(8-7-9-22)10-14-11-15(23-4)12-16(24-5)17(14)19(18)25-6/h10-12,21-22H,7-9H2,1-6H3. The van der Waals surface area contributed by atoms with Gasteiger partial charge in [-0.05, 0) is 56.7 Å². The average molecular weight is 347 g/mol. The van der Waals surface area contributed by atoms with Gasteiger partial charge < -0.3 is 24.6 Å². The van der Waals surface area contributed by atoms with Gasteiger partial charge in [0.1, 0.15) is 11.5 Å². The molecule has 2 rings (SSSR count). The zero-order valence-electron chi connectivity index (χ0n) is 16.0. The molecule has 0 bridgehead atoms. The van der Waals surface area contributed by atoms with Crippen LogP contribution >= 0.6 is 0 Å². The van der Waals surface area contributed by atoms with Crippen LogP contribution in [0.3, 0.4) is 0 Å². The van der Waals surface area contributed by atoms with E-state index in [2.05, 4.69) is 32.2 Å². The molecule has 0 aromatic heterocycles. The van der Waals surface area contributed by atoms with Crippen molar-refractivity contribution in [2.45, 2.75) is 39.2 Å². The van der Waals surface area contributed by atoms with Crippen molar-refractivity contribution < 1.29 is 19.3 Å². The number of anilines is 1. The van der Waals surface area contributed by atoms with Crippen LogP contribution in [0.15, 0.2) is 18.2 Å². The minimum atomic E-state index is -0.130. The van der Waals surface area contributed by atoms with Crippen molar-refractivity contribution in [1.82, 2.24) is 0 Å². The summed E-state index contributed by atoms with van der Waals surface area (Å²) in [6.07, 6.45) is 1.44. The quantitative estimate of drug-likeness (QED) is 0.793. The van der Waals surface area contributed by atoms with Gasteiger partial charge in [0.2, 0.25) is 0 Å². The molecule has 0 amide bonds. The van der Waals surface area contributed by atoms with Gasteiger partial charge in [-0.3, -0.25) is 0 Å². The molecule has 0 atom stereocenters. The molecular weight excluding hydrogens is 318 g/mol. The maximum absolute atomic E-state index is 9.26. The molecule has 5 heteroatoms. The summed E-state index contributed by atoms with van der Waals surface area (Å²) in [4.78, 5) is 0. The first-order chi connectivity index (χ1) is 11.8. The molecule has 0 spiro atoms. The van der Waals surface area contributed by atoms with Gasteiger partial charge in [0.05, 0.1) is 32.4 Å². The molecular formula is C20H29NO4. The zero-order chi connectivity index (χ0) is 18.6. The molecule has 2 N–H and O–H groups in total. The number of benzene rings is 2. The maximum Gasteiger partial charge on any atom is 0.153 e. The fraction of sp³-hybridized carbons (Fsp3) is 0.500. The number of aliphatic hydroxyl groups is 1. The molecule has 25 heavy (non-hydrogen) atoms. The molecule has 0 fully saturated rings. The highest BCUT2D eigenvalue weighted by atomic mass is 16.5. The fourth-order valence-electron chi connectivity index (χ4n) is 2.96. The predicted molar refractivity (Wildman–Crippen MR) is 102 cm³/mol. The third-order valence-corrected chi connectivity index (χ3v) is 3.98. The molecule has 0 aliphatic rings. The molecule has 0 radical (unpaired) electrons. The molecule has 138 valence electrons. The summed E-state index contributed by atoms with van der Waals surface area (Å²) in [5, 5.41) is 14.7. The van der Waals surface area contributed by atoms with Crippen LogP contribution in [-0.4, -0.2) is 38.6 Å². The first kappa shape index (κ1) is 19.2. The number of hydrogen-bond acceptors (Lipinski definition) is 5. The Morgan fingerprint density at radius 2 is 1.72 bits per heavy atom. The van der Waals surface area contributed by atoms with Crippen LogP contribution in [0, 0.1) is 0 Å². The van der Waals surface area contributed by atoms with Crippen LogP contribution in [0.4, 0.5) is 5.69 Å². The van der Waals surface area contributed by atoms with Crippen molar-refractivity contribution in [2.75, 3.05) is 33.3 Å². The lowest BCUT2D eigenvalue weighted by Crippen LogP contribution is -2.27. The third-order valence-electron chi connectivity index (χ3n) is 3.98. The number of rotatable bonds is 7. The smallest absolute Gasteiger partial charge is 0.153 e. The van der Waals surface area contributed by atoms with E-state index < -0.39 is 0 Å². The van der Waals surface area contributed by atoms with Gasteiger partial charge >= 0.3 is 0 Å². The zero-order valence-corrected chi connectivity index (χ0v) is 16.0. The predicted octanol–water partition coefficient (Wildman–Crippen LogP) is 4.00. The molecule has 0 heterocycles. The van der Waals surface area contributed by atoms with Crippen LogP contribution in [0.5, 0.6) is 17.2 Å². The number of ether oxygens (including phenoxy) is 3. The lowest BCUT2D eigenvalue weighted by atomic mass is 9.97. The Hall–Kier alpha value is -2.14. The summed E-state index contributed by atoms with van der Waals surface area (Å²) in [6, 6.07) is 5.95. The summed E-state index contributed by atoms with van der Waals surface area (Å²) in [7, 11) is 4.95. The van der Waals surface area contributed by atoms with Crippen LogP contribution in [0.1, 0.15) is 32.8 Å². The summed E-state index contributed by atoms with van der Waals surface area (Å²) in [5.41, 5.74) is 1.91. The lowest BCUT2D eigenvalue weighted by Gasteiger charge is -2.27. The van der Waals surface area contributed by atoms with Gasteiger partial charge in [-0.25, -0.2) is 0 Å². The second kappa shape index (κ2) is 7.83. The Labute approximate surface area is 149 Å². The van der Waals surface area contributed by atoms with Crippen molar-refractivity contribution in [2.24, 2.45) is 0 Å². The van der Waals surface area contributed by atoms with Crippen LogP contribution in [0.2, 0.25) is 0 Å². The number of hydrogen-bond donors (Lipinski definition) is 2. The van der Waals surface area contributed by atoms with E-state index in [1.807, 2.05) is 12.1 Å². The molecule has 2 aromatic rings. The molecule has 0 saturated heterocycles. The summed E-state index contributed by atoms with van der Waals surface area (Å²) in [5.74, 6) is 2.19. The Bertz CT molecular complexity index is 735. The van der Waals surface area contributed by atoms with Crippen LogP contribution < -0.4 is 19.5 Å². The van der Waals surface area contributed by atoms with E-state index in [0.29, 0.717) is 12.2 Å². The van der Waals surface area contributed by atoms with E-state index in [4.69, 9.17) is 14.2 Å². The van der Waals surface area contributed by atoms with E-state index in [9.17, 15) is 5.11 Å². The molecule has 0 unspecified atom stereocenters. The largest absolute Gasteiger partial charge is 0.497 e. The molecule has 2 aromatic carbocycles. The number of methoxy groups -OCH3 is 3. The Kier molecular flexibility index (Phi) is 6.01. The molecule has 0 saturated carbocycles. The summed E-state index contributed by atoms with van der Waals surface area (Å²) >= 11 is 0. The SMILES string of the molecule is COc1cc(OC)c2c(OC)c(NC(C)(C)C)c(CCCO)cc2c1. The van der Waals surface area contributed by atoms with E-state index in [1.165, 1.54) is 0 Å². The number of aryl methyl sites for hydroxylation is 1. The maximum atomic E-state index is 9.26. The second-order valence-corrected chi connectivity index (χ2v) is 7.07. The summed E-state index contributed by atoms with van der Waals surface area (Å²) < 4.78 is 16.8. The van der Waals surface area contributed by atoms with Gasteiger partial charge in [0, 0.05) is 18.2 Å². The van der Waals surface area contributed by atoms with Gasteiger partial charge in [-0.1, -0.05) is 0 Å². The van der Waals surface area contributed by atoms with Gasteiger partial charge in [0.25, 0.3) is 0 Å². The van der Waals surface area contributed by atoms with Crippen molar-refractivity contribution in [3.05, 3.63) is 23.8 Å². The van der Waals surface area contributed by atoms with Crippen LogP contribution in [-0.2, 0) is 6.42 Å². The highest BCUT2D eigenvalue weighted by molar-refractivity contribution is 6.00. The van der Waals surface area contributed by atoms with Crippen molar-refractivity contribution in [1.29, 1.82) is 0 Å². The minimum Gasteiger partial charge on any atom is -0.497 e. The van der Waals surface area contributed by atoms with Crippen molar-refractivity contribution in [3.63, 3.8) is 0 Å². The number of aliphatic hydroxyl groups excluding tert-OH is 1. The minimum absolute atomic E-state index is 0.130. The monoisotopic (exact) mass is 347 g/mol. The van der Waals surface area contributed by atoms with Crippen molar-refractivity contribution >= 4 is 16.5 Å². The van der Waals surface area contributed by atoms with Gasteiger partial charge in [-0.2, -0.15) is 0 Å². The van der Waals surface area contributed by atoms with E-state index >= 15 is 0 Å². The molecule has 0 aliphatic heterocycles. The lowest BCUT2D eigenvalue weighted by molar-refractivity contribution is 0.288. The second-order valence-electron chi connectivity index (χ2n) is 7.07. The van der Waals surface area contributed by atoms with E-state index in [0.717, 1.165) is 39.9 Å². The van der Waals surface area contributed by atoms with E-state index in [-0.39, 0.29) is 12.1 Å². The highest BCUT2D eigenvalue weighted by Crippen LogP contribution is 2.44. The van der Waals surface area contributed by atoms with Crippen molar-refractivity contribution in [3.8, 4) is 17.2 Å². The van der Waals surface area contributed by atoms with Gasteiger partial charge in [-0.15, -0.1) is 0 Å². The third kappa shape index (κ3) is 4.28. The first-order valence-corrected chi connectivity index (χ1v) is 8.49. The molecule has 5 nitrogen and oxygen atoms in total. The Balaban J connectivity index is 2.80. The average Bonchev–Trinajstić information content (AvgIpc) is 2.57. The normalized spacial score (nSPS) is 11.5. The number of fused-ring (bicyclic) bond motifs is 1. The molecule has 0 aliphatic carbocycles. The van der Waals surface area contributed by atoms with E-state index in [1.54, 1.807) is 21.3 Å². The van der Waals surface area contributed by atoms with Crippen LogP contribution in [0.25, 0.3) is 10.8 Å².